The van der Waals surface area contributed by atoms with Gasteiger partial charge in [0, 0.05) is 19.6 Å². The van der Waals surface area contributed by atoms with Gasteiger partial charge in [0.1, 0.15) is 0 Å². The lowest BCUT2D eigenvalue weighted by Gasteiger charge is -2.31. The van der Waals surface area contributed by atoms with Crippen LogP contribution < -0.4 is 0 Å². The van der Waals surface area contributed by atoms with Crippen molar-refractivity contribution < 1.29 is 23.8 Å². The number of rotatable bonds is 4. The lowest BCUT2D eigenvalue weighted by molar-refractivity contribution is -0.160. The second kappa shape index (κ2) is 7.19. The van der Waals surface area contributed by atoms with Crippen molar-refractivity contribution in [1.29, 1.82) is 0 Å². The average molecular weight is 293 g/mol. The molecule has 1 aliphatic rings. The normalized spacial score (nSPS) is 19.0. The molecule has 1 heterocycles. The minimum atomic E-state index is -0.575. The Morgan fingerprint density at radius 2 is 2.05 bits per heavy atom. The van der Waals surface area contributed by atoms with Crippen LogP contribution in [0.15, 0.2) is 24.3 Å². The van der Waals surface area contributed by atoms with Gasteiger partial charge in [-0.25, -0.2) is 9.59 Å². The van der Waals surface area contributed by atoms with E-state index in [4.69, 9.17) is 14.2 Å². The Labute approximate surface area is 123 Å². The Morgan fingerprint density at radius 3 is 2.76 bits per heavy atom. The van der Waals surface area contributed by atoms with Crippen LogP contribution in [-0.4, -0.2) is 56.9 Å². The number of morpholine rings is 1. The van der Waals surface area contributed by atoms with Gasteiger partial charge in [-0.15, -0.1) is 0 Å². The molecule has 114 valence electrons. The molecule has 21 heavy (non-hydrogen) atoms. The number of carbonyl (C=O) groups excluding carboxylic acids is 2. The number of hydrogen-bond acceptors (Lipinski definition) is 6. The van der Waals surface area contributed by atoms with Crippen molar-refractivity contribution in [2.45, 2.75) is 12.6 Å². The molecule has 0 aliphatic carbocycles. The smallest absolute Gasteiger partial charge is 0.338 e. The van der Waals surface area contributed by atoms with Gasteiger partial charge in [-0.2, -0.15) is 0 Å². The lowest BCUT2D eigenvalue weighted by atomic mass is 10.1. The highest BCUT2D eigenvalue weighted by Gasteiger charge is 2.27. The first-order chi connectivity index (χ1) is 10.2. The Morgan fingerprint density at radius 1 is 1.29 bits per heavy atom. The summed E-state index contributed by atoms with van der Waals surface area (Å²) in [6.07, 6.45) is -0.575. The SMILES string of the molecule is COC(=O)c1ccccc1CN1CCO[C@@H](C(=O)OC)C1. The van der Waals surface area contributed by atoms with Crippen LogP contribution in [0.1, 0.15) is 15.9 Å². The highest BCUT2D eigenvalue weighted by atomic mass is 16.6. The van der Waals surface area contributed by atoms with E-state index < -0.39 is 6.10 Å². The van der Waals surface area contributed by atoms with Gasteiger partial charge in [0.15, 0.2) is 6.10 Å². The van der Waals surface area contributed by atoms with Crippen molar-refractivity contribution in [2.24, 2.45) is 0 Å². The van der Waals surface area contributed by atoms with Crippen molar-refractivity contribution in [3.63, 3.8) is 0 Å². The number of hydrogen-bond donors (Lipinski definition) is 0. The number of carbonyl (C=O) groups is 2. The molecule has 1 aliphatic heterocycles. The molecule has 0 spiro atoms. The number of methoxy groups -OCH3 is 2. The fourth-order valence-corrected chi connectivity index (χ4v) is 2.33. The average Bonchev–Trinajstić information content (AvgIpc) is 2.54. The summed E-state index contributed by atoms with van der Waals surface area (Å²) < 4.78 is 14.9. The highest BCUT2D eigenvalue weighted by molar-refractivity contribution is 5.90. The van der Waals surface area contributed by atoms with Crippen molar-refractivity contribution in [3.8, 4) is 0 Å². The zero-order valence-corrected chi connectivity index (χ0v) is 12.2. The molecule has 6 heteroatoms. The van der Waals surface area contributed by atoms with E-state index >= 15 is 0 Å². The van der Waals surface area contributed by atoms with E-state index in [1.54, 1.807) is 12.1 Å². The maximum absolute atomic E-state index is 11.8. The third kappa shape index (κ3) is 3.80. The molecule has 0 radical (unpaired) electrons. The first-order valence-electron chi connectivity index (χ1n) is 6.73. The van der Waals surface area contributed by atoms with Gasteiger partial charge in [-0.1, -0.05) is 18.2 Å². The van der Waals surface area contributed by atoms with Crippen LogP contribution in [0.3, 0.4) is 0 Å². The second-order valence-corrected chi connectivity index (χ2v) is 4.77. The summed E-state index contributed by atoms with van der Waals surface area (Å²) in [5.41, 5.74) is 1.41. The van der Waals surface area contributed by atoms with Crippen molar-refractivity contribution in [2.75, 3.05) is 33.9 Å². The zero-order chi connectivity index (χ0) is 15.2. The van der Waals surface area contributed by atoms with Crippen molar-refractivity contribution in [3.05, 3.63) is 35.4 Å². The molecule has 1 fully saturated rings. The largest absolute Gasteiger partial charge is 0.467 e. The maximum atomic E-state index is 11.8. The third-order valence-corrected chi connectivity index (χ3v) is 3.43. The first kappa shape index (κ1) is 15.5. The minimum absolute atomic E-state index is 0.358. The number of benzene rings is 1. The lowest BCUT2D eigenvalue weighted by Crippen LogP contribution is -2.46. The van der Waals surface area contributed by atoms with Gasteiger partial charge in [0.2, 0.25) is 0 Å². The summed E-state index contributed by atoms with van der Waals surface area (Å²) in [5.74, 6) is -0.732. The van der Waals surface area contributed by atoms with Crippen LogP contribution in [-0.2, 0) is 25.5 Å². The first-order valence-corrected chi connectivity index (χ1v) is 6.73. The van der Waals surface area contributed by atoms with E-state index in [9.17, 15) is 9.59 Å². The standard InChI is InChI=1S/C15H19NO5/c1-19-14(17)12-6-4-3-5-11(12)9-16-7-8-21-13(10-16)15(18)20-2/h3-6,13H,7-10H2,1-2H3/t13-/m1/s1. The van der Waals surface area contributed by atoms with Gasteiger partial charge < -0.3 is 14.2 Å². The van der Waals surface area contributed by atoms with Crippen LogP contribution in [0.4, 0.5) is 0 Å². The predicted octanol–water partition coefficient (Wildman–Crippen LogP) is 0.847. The molecule has 0 bridgehead atoms. The van der Waals surface area contributed by atoms with Crippen LogP contribution in [0.2, 0.25) is 0 Å². The molecule has 1 saturated heterocycles. The van der Waals surface area contributed by atoms with Crippen LogP contribution >= 0.6 is 0 Å². The van der Waals surface area contributed by atoms with Gasteiger partial charge >= 0.3 is 11.9 Å². The molecule has 0 N–H and O–H groups in total. The quantitative estimate of drug-likeness (QED) is 0.767. The number of nitrogens with zero attached hydrogens (tertiary/aromatic N) is 1. The third-order valence-electron chi connectivity index (χ3n) is 3.43. The summed E-state index contributed by atoms with van der Waals surface area (Å²) in [7, 11) is 2.71. The summed E-state index contributed by atoms with van der Waals surface area (Å²) in [6.45, 7) is 2.16. The Balaban J connectivity index is 2.08. The molecule has 1 aromatic carbocycles. The molecule has 0 aromatic heterocycles. The van der Waals surface area contributed by atoms with E-state index in [1.807, 2.05) is 12.1 Å². The summed E-state index contributed by atoms with van der Waals surface area (Å²) in [5, 5.41) is 0. The van der Waals surface area contributed by atoms with Crippen LogP contribution in [0.5, 0.6) is 0 Å². The fraction of sp³-hybridized carbons (Fsp3) is 0.467. The molecule has 0 saturated carbocycles. The van der Waals surface area contributed by atoms with Crippen molar-refractivity contribution in [1.82, 2.24) is 4.90 Å². The second-order valence-electron chi connectivity index (χ2n) is 4.77. The molecule has 1 aromatic rings. The van der Waals surface area contributed by atoms with E-state index in [2.05, 4.69) is 4.90 Å². The molecular formula is C15H19NO5. The minimum Gasteiger partial charge on any atom is -0.467 e. The van der Waals surface area contributed by atoms with E-state index in [1.165, 1.54) is 14.2 Å². The van der Waals surface area contributed by atoms with E-state index in [0.717, 1.165) is 5.56 Å². The van der Waals surface area contributed by atoms with Gasteiger partial charge in [0.25, 0.3) is 0 Å². The van der Waals surface area contributed by atoms with Crippen LogP contribution in [0.25, 0.3) is 0 Å². The van der Waals surface area contributed by atoms with E-state index in [-0.39, 0.29) is 11.9 Å². The number of esters is 2. The summed E-state index contributed by atoms with van der Waals surface area (Å²) >= 11 is 0. The Bertz CT molecular complexity index is 517. The highest BCUT2D eigenvalue weighted by Crippen LogP contribution is 2.15. The fourth-order valence-electron chi connectivity index (χ4n) is 2.33. The Kier molecular flexibility index (Phi) is 5.30. The molecular weight excluding hydrogens is 274 g/mol. The molecule has 6 nitrogen and oxygen atoms in total. The summed E-state index contributed by atoms with van der Waals surface area (Å²) in [4.78, 5) is 25.4. The molecule has 1 atom stereocenters. The maximum Gasteiger partial charge on any atom is 0.338 e. The van der Waals surface area contributed by atoms with Crippen LogP contribution in [0, 0.1) is 0 Å². The monoisotopic (exact) mass is 293 g/mol. The summed E-state index contributed by atoms with van der Waals surface area (Å²) in [6, 6.07) is 7.29. The molecule has 0 unspecified atom stereocenters. The number of ether oxygens (including phenoxy) is 3. The molecule has 2 rings (SSSR count). The van der Waals surface area contributed by atoms with Gasteiger partial charge in [-0.3, -0.25) is 4.90 Å². The van der Waals surface area contributed by atoms with Gasteiger partial charge in [-0.05, 0) is 11.6 Å². The van der Waals surface area contributed by atoms with E-state index in [0.29, 0.717) is 31.8 Å². The van der Waals surface area contributed by atoms with Gasteiger partial charge in [0.05, 0.1) is 26.4 Å². The zero-order valence-electron chi connectivity index (χ0n) is 12.2. The predicted molar refractivity (Wildman–Crippen MR) is 74.8 cm³/mol. The van der Waals surface area contributed by atoms with Crippen molar-refractivity contribution >= 4 is 11.9 Å². The Hall–Kier alpha value is -1.92. The molecule has 0 amide bonds. The topological polar surface area (TPSA) is 65.1 Å².